The van der Waals surface area contributed by atoms with E-state index in [-0.39, 0.29) is 5.41 Å². The summed E-state index contributed by atoms with van der Waals surface area (Å²) in [6.07, 6.45) is 5.60. The topological polar surface area (TPSA) is 37.3 Å². The van der Waals surface area contributed by atoms with E-state index in [0.29, 0.717) is 0 Å². The number of carboxylic acid groups (broad SMARTS) is 1. The van der Waals surface area contributed by atoms with Crippen LogP contribution in [0.3, 0.4) is 0 Å². The Morgan fingerprint density at radius 1 is 1.00 bits per heavy atom. The summed E-state index contributed by atoms with van der Waals surface area (Å²) in [6, 6.07) is 0. The molecule has 0 aliphatic rings. The molecule has 0 aliphatic carbocycles. The minimum atomic E-state index is -0.609. The van der Waals surface area contributed by atoms with Crippen molar-refractivity contribution in [3.8, 4) is 0 Å². The monoisotopic (exact) mass is 228 g/mol. The lowest BCUT2D eigenvalue weighted by Crippen LogP contribution is -2.45. The predicted octanol–water partition coefficient (Wildman–Crippen LogP) is 4.48. The van der Waals surface area contributed by atoms with Gasteiger partial charge in [-0.15, -0.1) is 0 Å². The van der Waals surface area contributed by atoms with E-state index in [1.807, 2.05) is 13.8 Å². The van der Waals surface area contributed by atoms with E-state index in [1.165, 1.54) is 0 Å². The summed E-state index contributed by atoms with van der Waals surface area (Å²) < 4.78 is 0. The molecule has 0 saturated carbocycles. The largest absolute Gasteiger partial charge is 0.481 e. The van der Waals surface area contributed by atoms with Gasteiger partial charge in [-0.2, -0.15) is 0 Å². The number of hydrogen-bond acceptors (Lipinski definition) is 1. The third kappa shape index (κ3) is 2.58. The maximum Gasteiger partial charge on any atom is 0.310 e. The second-order valence-corrected chi connectivity index (χ2v) is 5.16. The zero-order valence-electron chi connectivity index (χ0n) is 11.6. The molecular formula is C14H28O2. The minimum absolute atomic E-state index is 0.0637. The van der Waals surface area contributed by atoms with Crippen LogP contribution in [0.15, 0.2) is 0 Å². The Balaban J connectivity index is 5.31. The van der Waals surface area contributed by atoms with Crippen molar-refractivity contribution in [2.75, 3.05) is 0 Å². The molecule has 2 nitrogen and oxygen atoms in total. The number of carbonyl (C=O) groups is 1. The minimum Gasteiger partial charge on any atom is -0.481 e. The molecule has 16 heavy (non-hydrogen) atoms. The summed E-state index contributed by atoms with van der Waals surface area (Å²) in [6.45, 7) is 10.5. The molecule has 0 unspecified atom stereocenters. The van der Waals surface area contributed by atoms with Crippen LogP contribution in [0.25, 0.3) is 0 Å². The Kier molecular flexibility index (Phi) is 6.06. The predicted molar refractivity (Wildman–Crippen MR) is 68.6 cm³/mol. The Labute approximate surface area is 100 Å². The normalized spacial score (nSPS) is 12.8. The second kappa shape index (κ2) is 6.27. The lowest BCUT2D eigenvalue weighted by molar-refractivity contribution is -0.160. The molecular weight excluding hydrogens is 200 g/mol. The molecule has 0 aromatic heterocycles. The first kappa shape index (κ1) is 15.5. The molecule has 0 aromatic carbocycles. The fraction of sp³-hybridized carbons (Fsp3) is 0.929. The average Bonchev–Trinajstić information content (AvgIpc) is 2.20. The molecule has 0 amide bonds. The van der Waals surface area contributed by atoms with Crippen LogP contribution in [-0.4, -0.2) is 11.1 Å². The van der Waals surface area contributed by atoms with Crippen LogP contribution < -0.4 is 0 Å². The van der Waals surface area contributed by atoms with Gasteiger partial charge in [0.15, 0.2) is 0 Å². The molecule has 1 N–H and O–H groups in total. The molecule has 96 valence electrons. The molecule has 0 aliphatic heterocycles. The Hall–Kier alpha value is -0.530. The highest BCUT2D eigenvalue weighted by Gasteiger charge is 2.49. The van der Waals surface area contributed by atoms with E-state index < -0.39 is 11.4 Å². The van der Waals surface area contributed by atoms with Crippen molar-refractivity contribution in [2.24, 2.45) is 10.8 Å². The zero-order valence-corrected chi connectivity index (χ0v) is 11.6. The first-order valence-electron chi connectivity index (χ1n) is 6.67. The zero-order chi connectivity index (χ0) is 12.8. The maximum absolute atomic E-state index is 11.7. The first-order chi connectivity index (χ1) is 7.44. The number of aliphatic carboxylic acids is 1. The van der Waals surface area contributed by atoms with Crippen molar-refractivity contribution < 1.29 is 9.90 Å². The quantitative estimate of drug-likeness (QED) is 0.665. The fourth-order valence-electron chi connectivity index (χ4n) is 3.37. The molecule has 0 saturated heterocycles. The standard InChI is InChI=1S/C14H28O2/c1-6-10-13(5,11-7-2)14(8-3,9-4)12(15)16/h6-11H2,1-5H3,(H,15,16). The summed E-state index contributed by atoms with van der Waals surface area (Å²) >= 11 is 0. The molecule has 0 bridgehead atoms. The Morgan fingerprint density at radius 3 is 1.56 bits per heavy atom. The van der Waals surface area contributed by atoms with Gasteiger partial charge in [-0.25, -0.2) is 0 Å². The summed E-state index contributed by atoms with van der Waals surface area (Å²) in [5, 5.41) is 9.61. The molecule has 0 rings (SSSR count). The molecule has 0 fully saturated rings. The van der Waals surface area contributed by atoms with E-state index in [4.69, 9.17) is 0 Å². The van der Waals surface area contributed by atoms with Crippen LogP contribution in [0.5, 0.6) is 0 Å². The van der Waals surface area contributed by atoms with Crippen LogP contribution in [0.4, 0.5) is 0 Å². The number of rotatable bonds is 8. The molecule has 0 heterocycles. The number of carboxylic acids is 1. The van der Waals surface area contributed by atoms with E-state index in [9.17, 15) is 9.90 Å². The Morgan fingerprint density at radius 2 is 1.38 bits per heavy atom. The van der Waals surface area contributed by atoms with Crippen molar-refractivity contribution in [2.45, 2.75) is 73.1 Å². The summed E-state index contributed by atoms with van der Waals surface area (Å²) in [5.74, 6) is -0.609. The van der Waals surface area contributed by atoms with Crippen molar-refractivity contribution in [3.05, 3.63) is 0 Å². The number of hydrogen-bond donors (Lipinski definition) is 1. The summed E-state index contributed by atoms with van der Waals surface area (Å²) in [4.78, 5) is 11.7. The van der Waals surface area contributed by atoms with Crippen molar-refractivity contribution in [1.29, 1.82) is 0 Å². The highest BCUT2D eigenvalue weighted by atomic mass is 16.4. The lowest BCUT2D eigenvalue weighted by Gasteiger charge is -2.45. The van der Waals surface area contributed by atoms with Gasteiger partial charge in [0.25, 0.3) is 0 Å². The average molecular weight is 228 g/mol. The highest BCUT2D eigenvalue weighted by molar-refractivity contribution is 5.75. The van der Waals surface area contributed by atoms with Crippen molar-refractivity contribution in [3.63, 3.8) is 0 Å². The fourth-order valence-corrected chi connectivity index (χ4v) is 3.37. The molecule has 0 radical (unpaired) electrons. The van der Waals surface area contributed by atoms with Crippen molar-refractivity contribution in [1.82, 2.24) is 0 Å². The van der Waals surface area contributed by atoms with Crippen LogP contribution in [-0.2, 0) is 4.79 Å². The van der Waals surface area contributed by atoms with Crippen LogP contribution in [0.1, 0.15) is 73.1 Å². The van der Waals surface area contributed by atoms with Gasteiger partial charge in [0.2, 0.25) is 0 Å². The van der Waals surface area contributed by atoms with Gasteiger partial charge in [-0.05, 0) is 31.1 Å². The first-order valence-corrected chi connectivity index (χ1v) is 6.67. The van der Waals surface area contributed by atoms with Crippen LogP contribution in [0.2, 0.25) is 0 Å². The van der Waals surface area contributed by atoms with Crippen LogP contribution >= 0.6 is 0 Å². The van der Waals surface area contributed by atoms with Gasteiger partial charge < -0.3 is 5.11 Å². The van der Waals surface area contributed by atoms with Gasteiger partial charge in [0.1, 0.15) is 0 Å². The molecule has 0 atom stereocenters. The van der Waals surface area contributed by atoms with Crippen LogP contribution in [0, 0.1) is 10.8 Å². The second-order valence-electron chi connectivity index (χ2n) is 5.16. The molecule has 0 aromatic rings. The van der Waals surface area contributed by atoms with E-state index in [2.05, 4.69) is 20.8 Å². The van der Waals surface area contributed by atoms with Gasteiger partial charge >= 0.3 is 5.97 Å². The Bertz CT molecular complexity index is 211. The third-order valence-electron chi connectivity index (χ3n) is 4.38. The van der Waals surface area contributed by atoms with Gasteiger partial charge in [-0.1, -0.05) is 47.5 Å². The molecule has 2 heteroatoms. The third-order valence-corrected chi connectivity index (χ3v) is 4.38. The van der Waals surface area contributed by atoms with Gasteiger partial charge in [-0.3, -0.25) is 4.79 Å². The van der Waals surface area contributed by atoms with E-state index in [0.717, 1.165) is 38.5 Å². The lowest BCUT2D eigenvalue weighted by atomic mass is 9.57. The SMILES string of the molecule is CCCC(C)(CCC)C(CC)(CC)C(=O)O. The van der Waals surface area contributed by atoms with E-state index >= 15 is 0 Å². The smallest absolute Gasteiger partial charge is 0.310 e. The molecule has 0 spiro atoms. The van der Waals surface area contributed by atoms with Crippen molar-refractivity contribution >= 4 is 5.97 Å². The summed E-state index contributed by atoms with van der Waals surface area (Å²) in [7, 11) is 0. The van der Waals surface area contributed by atoms with Gasteiger partial charge in [0.05, 0.1) is 5.41 Å². The van der Waals surface area contributed by atoms with E-state index in [1.54, 1.807) is 0 Å². The highest BCUT2D eigenvalue weighted by Crippen LogP contribution is 2.51. The summed E-state index contributed by atoms with van der Waals surface area (Å²) in [5.41, 5.74) is -0.606. The maximum atomic E-state index is 11.7. The van der Waals surface area contributed by atoms with Gasteiger partial charge in [0, 0.05) is 0 Å².